The third-order valence-corrected chi connectivity index (χ3v) is 8.56. The lowest BCUT2D eigenvalue weighted by atomic mass is 10.1. The van der Waals surface area contributed by atoms with E-state index in [0.29, 0.717) is 31.7 Å². The number of carbonyl (C=O) groups is 1. The fourth-order valence-electron chi connectivity index (χ4n) is 3.69. The van der Waals surface area contributed by atoms with Crippen LogP contribution < -0.4 is 4.74 Å². The number of hydrogen-bond donors (Lipinski definition) is 0. The first-order chi connectivity index (χ1) is 13.7. The summed E-state index contributed by atoms with van der Waals surface area (Å²) in [6.07, 6.45) is 2.48. The van der Waals surface area contributed by atoms with Crippen molar-refractivity contribution in [3.63, 3.8) is 0 Å². The normalized spacial score (nSPS) is 16.2. The van der Waals surface area contributed by atoms with Crippen LogP contribution in [0.25, 0.3) is 20.3 Å². The Morgan fingerprint density at radius 1 is 1.38 bits per heavy atom. The number of piperidine rings is 1. The van der Waals surface area contributed by atoms with Crippen molar-refractivity contribution in [3.8, 4) is 5.75 Å². The van der Waals surface area contributed by atoms with E-state index in [0.717, 1.165) is 25.3 Å². The van der Waals surface area contributed by atoms with Gasteiger partial charge in [-0.15, -0.1) is 22.7 Å². The summed E-state index contributed by atoms with van der Waals surface area (Å²) in [5, 5.41) is 4.00. The maximum atomic E-state index is 12.6. The highest BCUT2D eigenvalue weighted by Crippen LogP contribution is 2.38. The zero-order valence-electron chi connectivity index (χ0n) is 16.5. The summed E-state index contributed by atoms with van der Waals surface area (Å²) >= 11 is 3.24. The molecule has 0 N–H and O–H groups in total. The number of aromatic nitrogens is 1. The summed E-state index contributed by atoms with van der Waals surface area (Å²) in [6.45, 7) is 3.03. The SMILES string of the molecule is Cc1nc2c(cc(OCC(=O)N3CCC(N(C)S(C)(=O)=O)CC3)c3ccsc32)s1. The second kappa shape index (κ2) is 7.82. The average molecular weight is 454 g/mol. The number of carbonyl (C=O) groups excluding carboxylic acids is 1. The third kappa shape index (κ3) is 4.11. The van der Waals surface area contributed by atoms with Crippen LogP contribution in [-0.2, 0) is 14.8 Å². The standard InChI is InChI=1S/C19H23N3O4S3/c1-12-20-18-16(28-12)10-15(14-6-9-27-19(14)18)26-11-17(23)22-7-4-13(5-8-22)21(2)29(3,24)25/h6,9-10,13H,4-5,7-8,11H2,1-3H3. The first-order valence-corrected chi connectivity index (χ1v) is 12.9. The maximum Gasteiger partial charge on any atom is 0.260 e. The van der Waals surface area contributed by atoms with Crippen molar-refractivity contribution >= 4 is 58.9 Å². The Hall–Kier alpha value is -1.75. The van der Waals surface area contributed by atoms with Crippen LogP contribution in [0, 0.1) is 6.92 Å². The van der Waals surface area contributed by atoms with Crippen LogP contribution in [-0.4, -0.2) is 67.6 Å². The first kappa shape index (κ1) is 20.5. The number of ether oxygens (including phenoxy) is 1. The zero-order chi connectivity index (χ0) is 20.8. The van der Waals surface area contributed by atoms with E-state index in [9.17, 15) is 13.2 Å². The summed E-state index contributed by atoms with van der Waals surface area (Å²) < 4.78 is 32.9. The molecule has 0 saturated carbocycles. The van der Waals surface area contributed by atoms with Gasteiger partial charge in [0.15, 0.2) is 6.61 Å². The quantitative estimate of drug-likeness (QED) is 0.593. The summed E-state index contributed by atoms with van der Waals surface area (Å²) in [7, 11) is -1.61. The summed E-state index contributed by atoms with van der Waals surface area (Å²) in [5.41, 5.74) is 0.994. The lowest BCUT2D eigenvalue weighted by Gasteiger charge is -2.35. The van der Waals surface area contributed by atoms with Gasteiger partial charge in [-0.1, -0.05) is 0 Å². The fraction of sp³-hybridized carbons (Fsp3) is 0.474. The number of thiophene rings is 1. The van der Waals surface area contributed by atoms with Crippen LogP contribution in [0.4, 0.5) is 0 Å². The molecule has 2 aromatic heterocycles. The van der Waals surface area contributed by atoms with Crippen LogP contribution in [0.5, 0.6) is 5.75 Å². The van der Waals surface area contributed by atoms with Gasteiger partial charge in [0.05, 0.1) is 26.2 Å². The minimum Gasteiger partial charge on any atom is -0.483 e. The molecular formula is C19H23N3O4S3. The van der Waals surface area contributed by atoms with E-state index < -0.39 is 10.0 Å². The number of amides is 1. The van der Waals surface area contributed by atoms with Crippen LogP contribution in [0.2, 0.25) is 0 Å². The Morgan fingerprint density at radius 2 is 2.10 bits per heavy atom. The molecule has 0 radical (unpaired) electrons. The molecule has 0 unspecified atom stereocenters. The van der Waals surface area contributed by atoms with Gasteiger partial charge in [0.25, 0.3) is 5.91 Å². The number of sulfonamides is 1. The molecule has 3 aromatic rings. The van der Waals surface area contributed by atoms with Gasteiger partial charge in [0, 0.05) is 37.6 Å². The summed E-state index contributed by atoms with van der Waals surface area (Å²) in [4.78, 5) is 19.0. The molecule has 0 spiro atoms. The number of nitrogens with zero attached hydrogens (tertiary/aromatic N) is 3. The number of fused-ring (bicyclic) bond motifs is 3. The lowest BCUT2D eigenvalue weighted by Crippen LogP contribution is -2.48. The van der Waals surface area contributed by atoms with E-state index >= 15 is 0 Å². The number of benzene rings is 1. The minimum absolute atomic E-state index is 0.0270. The van der Waals surface area contributed by atoms with Crippen molar-refractivity contribution in [2.75, 3.05) is 33.0 Å². The van der Waals surface area contributed by atoms with Crippen molar-refractivity contribution in [2.45, 2.75) is 25.8 Å². The van der Waals surface area contributed by atoms with Crippen molar-refractivity contribution < 1.29 is 17.9 Å². The van der Waals surface area contributed by atoms with Gasteiger partial charge in [-0.3, -0.25) is 4.79 Å². The summed E-state index contributed by atoms with van der Waals surface area (Å²) in [6, 6.07) is 3.91. The predicted molar refractivity (Wildman–Crippen MR) is 117 cm³/mol. The fourth-order valence-corrected chi connectivity index (χ4v) is 6.27. The molecule has 4 rings (SSSR count). The van der Waals surface area contributed by atoms with E-state index in [1.807, 2.05) is 24.4 Å². The third-order valence-electron chi connectivity index (χ3n) is 5.37. The molecule has 156 valence electrons. The van der Waals surface area contributed by atoms with Gasteiger partial charge >= 0.3 is 0 Å². The Balaban J connectivity index is 1.42. The molecule has 1 aliphatic heterocycles. The topological polar surface area (TPSA) is 79.8 Å². The monoisotopic (exact) mass is 453 g/mol. The molecule has 1 fully saturated rings. The molecule has 29 heavy (non-hydrogen) atoms. The molecule has 0 aliphatic carbocycles. The molecule has 1 aliphatic rings. The Kier molecular flexibility index (Phi) is 5.54. The highest BCUT2D eigenvalue weighted by molar-refractivity contribution is 7.88. The van der Waals surface area contributed by atoms with E-state index in [2.05, 4.69) is 4.98 Å². The van der Waals surface area contributed by atoms with Gasteiger partial charge in [-0.25, -0.2) is 17.7 Å². The molecule has 1 saturated heterocycles. The van der Waals surface area contributed by atoms with Gasteiger partial charge in [0.1, 0.15) is 5.75 Å². The predicted octanol–water partition coefficient (Wildman–Crippen LogP) is 3.08. The second-order valence-electron chi connectivity index (χ2n) is 7.30. The molecule has 0 atom stereocenters. The zero-order valence-corrected chi connectivity index (χ0v) is 19.0. The Morgan fingerprint density at radius 3 is 2.79 bits per heavy atom. The van der Waals surface area contributed by atoms with Crippen LogP contribution in [0.15, 0.2) is 17.5 Å². The second-order valence-corrected chi connectivity index (χ2v) is 11.5. The average Bonchev–Trinajstić information content (AvgIpc) is 3.30. The maximum absolute atomic E-state index is 12.6. The lowest BCUT2D eigenvalue weighted by molar-refractivity contribution is -0.134. The smallest absolute Gasteiger partial charge is 0.260 e. The Bertz CT molecular complexity index is 1160. The van der Waals surface area contributed by atoms with Crippen LogP contribution in [0.1, 0.15) is 17.8 Å². The van der Waals surface area contributed by atoms with Crippen molar-refractivity contribution in [3.05, 3.63) is 22.5 Å². The number of hydrogen-bond acceptors (Lipinski definition) is 7. The van der Waals surface area contributed by atoms with E-state index in [4.69, 9.17) is 4.74 Å². The number of likely N-dealkylation sites (tertiary alicyclic amines) is 1. The number of aryl methyl sites for hydroxylation is 1. The molecule has 1 aromatic carbocycles. The van der Waals surface area contributed by atoms with Crippen molar-refractivity contribution in [2.24, 2.45) is 0 Å². The highest BCUT2D eigenvalue weighted by Gasteiger charge is 2.29. The van der Waals surface area contributed by atoms with Gasteiger partial charge < -0.3 is 9.64 Å². The van der Waals surface area contributed by atoms with E-state index in [1.165, 1.54) is 10.6 Å². The van der Waals surface area contributed by atoms with Crippen LogP contribution >= 0.6 is 22.7 Å². The largest absolute Gasteiger partial charge is 0.483 e. The highest BCUT2D eigenvalue weighted by atomic mass is 32.2. The van der Waals surface area contributed by atoms with E-state index in [-0.39, 0.29) is 18.6 Å². The van der Waals surface area contributed by atoms with E-state index in [1.54, 1.807) is 34.6 Å². The van der Waals surface area contributed by atoms with Gasteiger partial charge in [-0.05, 0) is 31.2 Å². The number of thiazole rings is 1. The summed E-state index contributed by atoms with van der Waals surface area (Å²) in [5.74, 6) is 0.631. The number of rotatable bonds is 5. The van der Waals surface area contributed by atoms with Gasteiger partial charge in [-0.2, -0.15) is 0 Å². The van der Waals surface area contributed by atoms with Crippen LogP contribution in [0.3, 0.4) is 0 Å². The molecule has 1 amide bonds. The molecule has 3 heterocycles. The Labute approximate surface area is 177 Å². The molecule has 0 bridgehead atoms. The van der Waals surface area contributed by atoms with Crippen molar-refractivity contribution in [1.29, 1.82) is 0 Å². The minimum atomic E-state index is -3.22. The first-order valence-electron chi connectivity index (χ1n) is 9.35. The van der Waals surface area contributed by atoms with Crippen molar-refractivity contribution in [1.82, 2.24) is 14.2 Å². The molecule has 10 heteroatoms. The molecule has 7 nitrogen and oxygen atoms in total. The molecular weight excluding hydrogens is 430 g/mol. The van der Waals surface area contributed by atoms with Gasteiger partial charge in [0.2, 0.25) is 10.0 Å².